The van der Waals surface area contributed by atoms with E-state index in [0.29, 0.717) is 24.3 Å². The molecule has 1 aliphatic rings. The Hall–Kier alpha value is -3.42. The number of methoxy groups -OCH3 is 1. The van der Waals surface area contributed by atoms with Crippen LogP contribution in [-0.2, 0) is 13.0 Å². The minimum Gasteiger partial charge on any atom is -0.505 e. The predicted molar refractivity (Wildman–Crippen MR) is 127 cm³/mol. The van der Waals surface area contributed by atoms with E-state index in [1.54, 1.807) is 19.2 Å². The number of phenols is 1. The average Bonchev–Trinajstić information content (AvgIpc) is 3.30. The van der Waals surface area contributed by atoms with Crippen LogP contribution in [0.1, 0.15) is 29.7 Å². The van der Waals surface area contributed by atoms with E-state index in [0.717, 1.165) is 34.8 Å². The van der Waals surface area contributed by atoms with Gasteiger partial charge in [0.2, 0.25) is 6.79 Å². The fraction of sp³-hybridized carbons (Fsp3) is 0.308. The second kappa shape index (κ2) is 10.5. The summed E-state index contributed by atoms with van der Waals surface area (Å²) in [7, 11) is 1.63. The zero-order valence-electron chi connectivity index (χ0n) is 18.9. The van der Waals surface area contributed by atoms with Gasteiger partial charge in [-0.3, -0.25) is 0 Å². The largest absolute Gasteiger partial charge is 0.505 e. The molecule has 0 amide bonds. The van der Waals surface area contributed by atoms with E-state index in [1.165, 1.54) is 0 Å². The maximum absolute atomic E-state index is 10.7. The molecule has 7 nitrogen and oxygen atoms in total. The lowest BCUT2D eigenvalue weighted by Crippen LogP contribution is -2.32. The van der Waals surface area contributed by atoms with Gasteiger partial charge in [0.1, 0.15) is 11.5 Å². The summed E-state index contributed by atoms with van der Waals surface area (Å²) in [6.45, 7) is 3.18. The maximum atomic E-state index is 10.7. The molecule has 2 atom stereocenters. The van der Waals surface area contributed by atoms with Crippen molar-refractivity contribution in [1.29, 1.82) is 0 Å². The molecule has 0 radical (unpaired) electrons. The molecule has 7 heteroatoms. The fourth-order valence-electron chi connectivity index (χ4n) is 3.83. The van der Waals surface area contributed by atoms with Crippen LogP contribution in [0.3, 0.4) is 0 Å². The first-order valence-electron chi connectivity index (χ1n) is 11.0. The van der Waals surface area contributed by atoms with Crippen molar-refractivity contribution in [2.45, 2.75) is 32.0 Å². The number of nitrogens with one attached hydrogen (secondary N) is 2. The van der Waals surface area contributed by atoms with E-state index in [9.17, 15) is 10.2 Å². The number of anilines is 1. The van der Waals surface area contributed by atoms with Crippen LogP contribution in [0.15, 0.2) is 60.7 Å². The summed E-state index contributed by atoms with van der Waals surface area (Å²) in [4.78, 5) is 0. The van der Waals surface area contributed by atoms with Gasteiger partial charge in [0.25, 0.3) is 0 Å². The van der Waals surface area contributed by atoms with Crippen LogP contribution in [0.4, 0.5) is 5.69 Å². The molecule has 174 valence electrons. The van der Waals surface area contributed by atoms with E-state index >= 15 is 0 Å². The van der Waals surface area contributed by atoms with E-state index < -0.39 is 6.10 Å². The van der Waals surface area contributed by atoms with Gasteiger partial charge in [0, 0.05) is 24.7 Å². The smallest absolute Gasteiger partial charge is 0.231 e. The number of rotatable bonds is 10. The van der Waals surface area contributed by atoms with Gasteiger partial charge in [-0.05, 0) is 54.8 Å². The molecule has 1 heterocycles. The third-order valence-corrected chi connectivity index (χ3v) is 5.71. The number of para-hydroxylation sites is 1. The number of aliphatic hydroxyl groups excluding tert-OH is 1. The van der Waals surface area contributed by atoms with Gasteiger partial charge in [-0.1, -0.05) is 30.3 Å². The lowest BCUT2D eigenvalue weighted by Gasteiger charge is -2.19. The summed E-state index contributed by atoms with van der Waals surface area (Å²) < 4.78 is 16.0. The molecule has 0 spiro atoms. The second-order valence-corrected chi connectivity index (χ2v) is 8.16. The number of benzene rings is 3. The monoisotopic (exact) mass is 450 g/mol. The third kappa shape index (κ3) is 5.69. The predicted octanol–water partition coefficient (Wildman–Crippen LogP) is 4.00. The van der Waals surface area contributed by atoms with E-state index in [-0.39, 0.29) is 18.6 Å². The highest BCUT2D eigenvalue weighted by Gasteiger charge is 2.17. The van der Waals surface area contributed by atoms with Gasteiger partial charge in [0.05, 0.1) is 18.9 Å². The summed E-state index contributed by atoms with van der Waals surface area (Å²) in [6.07, 6.45) is -0.0642. The molecule has 4 rings (SSSR count). The quantitative estimate of drug-likeness (QED) is 0.347. The van der Waals surface area contributed by atoms with Crippen molar-refractivity contribution in [3.05, 3.63) is 77.4 Å². The van der Waals surface area contributed by atoms with Gasteiger partial charge in [0.15, 0.2) is 11.5 Å². The molecule has 0 aromatic heterocycles. The Balaban J connectivity index is 1.31. The molecule has 2 unspecified atom stereocenters. The van der Waals surface area contributed by atoms with Crippen molar-refractivity contribution in [2.24, 2.45) is 0 Å². The molecule has 0 bridgehead atoms. The first-order chi connectivity index (χ1) is 16.0. The number of aliphatic hydroxyl groups is 1. The van der Waals surface area contributed by atoms with E-state index in [4.69, 9.17) is 14.2 Å². The Morgan fingerprint density at radius 1 is 1.00 bits per heavy atom. The van der Waals surface area contributed by atoms with Crippen molar-refractivity contribution in [1.82, 2.24) is 5.32 Å². The Morgan fingerprint density at radius 2 is 1.76 bits per heavy atom. The first kappa shape index (κ1) is 22.8. The van der Waals surface area contributed by atoms with E-state index in [2.05, 4.69) is 17.6 Å². The lowest BCUT2D eigenvalue weighted by atomic mass is 10.0. The van der Waals surface area contributed by atoms with Crippen LogP contribution in [0.25, 0.3) is 0 Å². The zero-order chi connectivity index (χ0) is 23.2. The van der Waals surface area contributed by atoms with Crippen LogP contribution < -0.4 is 24.8 Å². The Kier molecular flexibility index (Phi) is 7.22. The number of aromatic hydroxyl groups is 1. The number of fused-ring (bicyclic) bond motifs is 1. The summed E-state index contributed by atoms with van der Waals surface area (Å²) >= 11 is 0. The van der Waals surface area contributed by atoms with Crippen LogP contribution in [0, 0.1) is 0 Å². The molecule has 0 fully saturated rings. The lowest BCUT2D eigenvalue weighted by molar-refractivity contribution is 0.167. The molecular formula is C26H30N2O5. The van der Waals surface area contributed by atoms with Crippen LogP contribution in [0.5, 0.6) is 23.0 Å². The molecule has 3 aromatic carbocycles. The minimum atomic E-state index is -0.841. The van der Waals surface area contributed by atoms with Crippen LogP contribution in [-0.4, -0.2) is 36.7 Å². The molecule has 33 heavy (non-hydrogen) atoms. The summed E-state index contributed by atoms with van der Waals surface area (Å²) in [5.41, 5.74) is 3.25. The standard InChI is InChI=1S/C26H30N2O5/c1-17(12-19-8-11-24-25(13-19)33-16-32-24)27-15-23(29)21-4-3-5-22(26(21)30)28-14-18-6-9-20(31-2)10-7-18/h3-11,13,17,23,27-30H,12,14-16H2,1-2H3. The van der Waals surface area contributed by atoms with Gasteiger partial charge < -0.3 is 35.1 Å². The van der Waals surface area contributed by atoms with Gasteiger partial charge in [-0.25, -0.2) is 0 Å². The maximum Gasteiger partial charge on any atom is 0.231 e. The van der Waals surface area contributed by atoms with Crippen molar-refractivity contribution in [3.63, 3.8) is 0 Å². The van der Waals surface area contributed by atoms with Crippen molar-refractivity contribution < 1.29 is 24.4 Å². The number of phenolic OH excluding ortho intramolecular Hbond substituents is 1. The minimum absolute atomic E-state index is 0.0590. The fourth-order valence-corrected chi connectivity index (χ4v) is 3.83. The highest BCUT2D eigenvalue weighted by molar-refractivity contribution is 5.60. The highest BCUT2D eigenvalue weighted by atomic mass is 16.7. The Bertz CT molecular complexity index is 1070. The van der Waals surface area contributed by atoms with Crippen molar-refractivity contribution in [3.8, 4) is 23.0 Å². The highest BCUT2D eigenvalue weighted by Crippen LogP contribution is 2.33. The van der Waals surface area contributed by atoms with E-state index in [1.807, 2.05) is 48.5 Å². The number of hydrogen-bond donors (Lipinski definition) is 4. The number of hydrogen-bond acceptors (Lipinski definition) is 7. The molecule has 0 saturated heterocycles. The van der Waals surface area contributed by atoms with Gasteiger partial charge >= 0.3 is 0 Å². The SMILES string of the molecule is COc1ccc(CNc2cccc(C(O)CNC(C)Cc3ccc4c(c3)OCO4)c2O)cc1. The summed E-state index contributed by atoms with van der Waals surface area (Å²) in [5.74, 6) is 2.39. The average molecular weight is 451 g/mol. The summed E-state index contributed by atoms with van der Waals surface area (Å²) in [6, 6.07) is 19.1. The molecule has 1 aliphatic heterocycles. The zero-order valence-corrected chi connectivity index (χ0v) is 18.9. The van der Waals surface area contributed by atoms with Crippen LogP contribution in [0.2, 0.25) is 0 Å². The number of ether oxygens (including phenoxy) is 3. The first-order valence-corrected chi connectivity index (χ1v) is 11.0. The molecule has 0 aliphatic carbocycles. The third-order valence-electron chi connectivity index (χ3n) is 5.71. The second-order valence-electron chi connectivity index (χ2n) is 8.16. The Labute approximate surface area is 193 Å². The molecular weight excluding hydrogens is 420 g/mol. The summed E-state index contributed by atoms with van der Waals surface area (Å²) in [5, 5.41) is 28.0. The van der Waals surface area contributed by atoms with Gasteiger partial charge in [-0.2, -0.15) is 0 Å². The Morgan fingerprint density at radius 3 is 2.55 bits per heavy atom. The van der Waals surface area contributed by atoms with Gasteiger partial charge in [-0.15, -0.1) is 0 Å². The molecule has 0 saturated carbocycles. The van der Waals surface area contributed by atoms with Crippen LogP contribution >= 0.6 is 0 Å². The topological polar surface area (TPSA) is 92.2 Å². The molecule has 4 N–H and O–H groups in total. The molecule has 3 aromatic rings. The van der Waals surface area contributed by atoms with Crippen molar-refractivity contribution in [2.75, 3.05) is 25.8 Å². The normalized spacial score (nSPS) is 14.0. The van der Waals surface area contributed by atoms with Crippen molar-refractivity contribution >= 4 is 5.69 Å².